The highest BCUT2D eigenvalue weighted by atomic mass is 16.5. The first-order valence-corrected chi connectivity index (χ1v) is 8.30. The van der Waals surface area contributed by atoms with E-state index in [1.165, 1.54) is 0 Å². The second-order valence-electron chi connectivity index (χ2n) is 6.39. The van der Waals surface area contributed by atoms with E-state index in [9.17, 15) is 9.59 Å². The highest BCUT2D eigenvalue weighted by Gasteiger charge is 2.19. The van der Waals surface area contributed by atoms with Gasteiger partial charge in [0.05, 0.1) is 5.56 Å². The van der Waals surface area contributed by atoms with Crippen LogP contribution < -0.4 is 15.4 Å². The van der Waals surface area contributed by atoms with Crippen LogP contribution in [0.3, 0.4) is 0 Å². The van der Waals surface area contributed by atoms with Gasteiger partial charge in [-0.2, -0.15) is 0 Å². The second-order valence-corrected chi connectivity index (χ2v) is 6.39. The minimum absolute atomic E-state index is 0.140. The van der Waals surface area contributed by atoms with Gasteiger partial charge >= 0.3 is 0 Å². The van der Waals surface area contributed by atoms with Crippen molar-refractivity contribution in [1.29, 1.82) is 0 Å². The third-order valence-corrected chi connectivity index (χ3v) is 3.88. The number of hydrogen-bond donors (Lipinski definition) is 2. The Morgan fingerprint density at radius 1 is 1.00 bits per heavy atom. The number of carbonyl (C=O) groups excluding carboxylic acids is 2. The SMILES string of the molecule is CCC(C)(C)NC(=O)COc1ccccc1C(=O)Nc1ccccc1. The summed E-state index contributed by atoms with van der Waals surface area (Å²) in [5, 5.41) is 5.71. The fourth-order valence-corrected chi connectivity index (χ4v) is 2.15. The Hall–Kier alpha value is -2.82. The average molecular weight is 340 g/mol. The maximum absolute atomic E-state index is 12.5. The molecule has 2 aromatic carbocycles. The number of anilines is 1. The van der Waals surface area contributed by atoms with Gasteiger partial charge in [0, 0.05) is 11.2 Å². The van der Waals surface area contributed by atoms with E-state index in [0.717, 1.165) is 6.42 Å². The normalized spacial score (nSPS) is 10.8. The Balaban J connectivity index is 2.03. The minimum Gasteiger partial charge on any atom is -0.483 e. The lowest BCUT2D eigenvalue weighted by atomic mass is 10.0. The van der Waals surface area contributed by atoms with E-state index in [1.54, 1.807) is 24.3 Å². The number of ether oxygens (including phenoxy) is 1. The van der Waals surface area contributed by atoms with E-state index in [0.29, 0.717) is 17.0 Å². The fraction of sp³-hybridized carbons (Fsp3) is 0.300. The van der Waals surface area contributed by atoms with E-state index in [2.05, 4.69) is 10.6 Å². The quantitative estimate of drug-likeness (QED) is 0.809. The van der Waals surface area contributed by atoms with Gasteiger partial charge in [0.2, 0.25) is 0 Å². The third-order valence-electron chi connectivity index (χ3n) is 3.88. The van der Waals surface area contributed by atoms with Gasteiger partial charge in [-0.1, -0.05) is 37.3 Å². The summed E-state index contributed by atoms with van der Waals surface area (Å²) >= 11 is 0. The molecule has 132 valence electrons. The van der Waals surface area contributed by atoms with Crippen molar-refractivity contribution in [2.45, 2.75) is 32.7 Å². The summed E-state index contributed by atoms with van der Waals surface area (Å²) in [6.45, 7) is 5.77. The number of hydrogen-bond acceptors (Lipinski definition) is 3. The molecule has 0 unspecified atom stereocenters. The molecule has 0 aliphatic carbocycles. The van der Waals surface area contributed by atoms with Crippen molar-refractivity contribution < 1.29 is 14.3 Å². The Morgan fingerprint density at radius 3 is 2.32 bits per heavy atom. The predicted octanol–water partition coefficient (Wildman–Crippen LogP) is 3.62. The molecule has 0 radical (unpaired) electrons. The molecule has 0 spiro atoms. The van der Waals surface area contributed by atoms with Crippen molar-refractivity contribution in [2.75, 3.05) is 11.9 Å². The van der Waals surface area contributed by atoms with E-state index >= 15 is 0 Å². The third kappa shape index (κ3) is 5.64. The van der Waals surface area contributed by atoms with Crippen molar-refractivity contribution in [2.24, 2.45) is 0 Å². The molecule has 0 aliphatic heterocycles. The Kier molecular flexibility index (Phi) is 6.17. The maximum atomic E-state index is 12.5. The molecule has 25 heavy (non-hydrogen) atoms. The van der Waals surface area contributed by atoms with Crippen molar-refractivity contribution in [3.05, 3.63) is 60.2 Å². The molecule has 2 rings (SSSR count). The van der Waals surface area contributed by atoms with Crippen LogP contribution in [-0.2, 0) is 4.79 Å². The van der Waals surface area contributed by atoms with Gasteiger partial charge in [-0.3, -0.25) is 9.59 Å². The highest BCUT2D eigenvalue weighted by Crippen LogP contribution is 2.20. The van der Waals surface area contributed by atoms with Crippen LogP contribution in [0.4, 0.5) is 5.69 Å². The number of amides is 2. The molecule has 0 fully saturated rings. The molecule has 0 saturated carbocycles. The van der Waals surface area contributed by atoms with E-state index in [4.69, 9.17) is 4.74 Å². The van der Waals surface area contributed by atoms with Crippen LogP contribution in [0.25, 0.3) is 0 Å². The van der Waals surface area contributed by atoms with Gasteiger partial charge in [-0.25, -0.2) is 0 Å². The second kappa shape index (κ2) is 8.33. The van der Waals surface area contributed by atoms with Crippen LogP contribution in [0.5, 0.6) is 5.75 Å². The monoisotopic (exact) mass is 340 g/mol. The number of rotatable bonds is 7. The van der Waals surface area contributed by atoms with Crippen molar-refractivity contribution in [3.63, 3.8) is 0 Å². The van der Waals surface area contributed by atoms with Crippen LogP contribution in [0.1, 0.15) is 37.6 Å². The molecular weight excluding hydrogens is 316 g/mol. The summed E-state index contributed by atoms with van der Waals surface area (Å²) in [5.41, 5.74) is 0.795. The molecule has 2 N–H and O–H groups in total. The van der Waals surface area contributed by atoms with Crippen LogP contribution in [-0.4, -0.2) is 24.0 Å². The van der Waals surface area contributed by atoms with E-state index in [1.807, 2.05) is 51.1 Å². The van der Waals surface area contributed by atoms with Crippen molar-refractivity contribution >= 4 is 17.5 Å². The molecule has 0 heterocycles. The zero-order valence-electron chi connectivity index (χ0n) is 14.8. The molecule has 0 aliphatic rings. The minimum atomic E-state index is -0.287. The average Bonchev–Trinajstić information content (AvgIpc) is 2.60. The zero-order chi connectivity index (χ0) is 18.3. The molecule has 5 nitrogen and oxygen atoms in total. The molecule has 0 atom stereocenters. The smallest absolute Gasteiger partial charge is 0.259 e. The molecule has 0 saturated heterocycles. The van der Waals surface area contributed by atoms with Gasteiger partial charge < -0.3 is 15.4 Å². The van der Waals surface area contributed by atoms with Crippen LogP contribution >= 0.6 is 0 Å². The number of nitrogens with one attached hydrogen (secondary N) is 2. The first-order chi connectivity index (χ1) is 11.9. The maximum Gasteiger partial charge on any atom is 0.259 e. The number of carbonyl (C=O) groups is 2. The summed E-state index contributed by atoms with van der Waals surface area (Å²) in [5.74, 6) is -0.124. The molecule has 0 bridgehead atoms. The molecule has 5 heteroatoms. The lowest BCUT2D eigenvalue weighted by Gasteiger charge is -2.24. The predicted molar refractivity (Wildman–Crippen MR) is 98.8 cm³/mol. The lowest BCUT2D eigenvalue weighted by molar-refractivity contribution is -0.124. The summed E-state index contributed by atoms with van der Waals surface area (Å²) in [7, 11) is 0. The topological polar surface area (TPSA) is 67.4 Å². The molecule has 0 aromatic heterocycles. The molecule has 2 amide bonds. The lowest BCUT2D eigenvalue weighted by Crippen LogP contribution is -2.45. The van der Waals surface area contributed by atoms with Gasteiger partial charge in [-0.15, -0.1) is 0 Å². The Labute approximate surface area is 148 Å². The Bertz CT molecular complexity index is 727. The van der Waals surface area contributed by atoms with Gasteiger partial charge in [-0.05, 0) is 44.5 Å². The summed E-state index contributed by atoms with van der Waals surface area (Å²) < 4.78 is 5.58. The first kappa shape index (κ1) is 18.5. The number of benzene rings is 2. The Morgan fingerprint density at radius 2 is 1.64 bits per heavy atom. The standard InChI is InChI=1S/C20H24N2O3/c1-4-20(2,3)22-18(23)14-25-17-13-9-8-12-16(17)19(24)21-15-10-6-5-7-11-15/h5-13H,4,14H2,1-3H3,(H,21,24)(H,22,23). The van der Waals surface area contributed by atoms with Gasteiger partial charge in [0.15, 0.2) is 6.61 Å². The first-order valence-electron chi connectivity index (χ1n) is 8.30. The van der Waals surface area contributed by atoms with Crippen LogP contribution in [0, 0.1) is 0 Å². The van der Waals surface area contributed by atoms with Crippen molar-refractivity contribution in [3.8, 4) is 5.75 Å². The number of para-hydroxylation sites is 2. The van der Waals surface area contributed by atoms with Gasteiger partial charge in [0.1, 0.15) is 5.75 Å². The van der Waals surface area contributed by atoms with E-state index < -0.39 is 0 Å². The van der Waals surface area contributed by atoms with Crippen molar-refractivity contribution in [1.82, 2.24) is 5.32 Å². The van der Waals surface area contributed by atoms with E-state index in [-0.39, 0.29) is 24.0 Å². The summed E-state index contributed by atoms with van der Waals surface area (Å²) in [4.78, 5) is 24.5. The largest absolute Gasteiger partial charge is 0.483 e. The summed E-state index contributed by atoms with van der Waals surface area (Å²) in [6.07, 6.45) is 0.814. The van der Waals surface area contributed by atoms with Crippen LogP contribution in [0.2, 0.25) is 0 Å². The summed E-state index contributed by atoms with van der Waals surface area (Å²) in [6, 6.07) is 16.1. The fourth-order valence-electron chi connectivity index (χ4n) is 2.15. The molecule has 2 aromatic rings. The van der Waals surface area contributed by atoms with Gasteiger partial charge in [0.25, 0.3) is 11.8 Å². The van der Waals surface area contributed by atoms with Crippen LogP contribution in [0.15, 0.2) is 54.6 Å². The molecular formula is C20H24N2O3. The highest BCUT2D eigenvalue weighted by molar-refractivity contribution is 6.06. The zero-order valence-corrected chi connectivity index (χ0v) is 14.8.